The van der Waals surface area contributed by atoms with E-state index in [1.165, 1.54) is 4.57 Å². The summed E-state index contributed by atoms with van der Waals surface area (Å²) in [6, 6.07) is 7.08. The Hall–Kier alpha value is -1.32. The Morgan fingerprint density at radius 2 is 2.00 bits per heavy atom. The van der Waals surface area contributed by atoms with Crippen molar-refractivity contribution in [3.8, 4) is 0 Å². The van der Waals surface area contributed by atoms with Gasteiger partial charge in [0.15, 0.2) is 0 Å². The van der Waals surface area contributed by atoms with Gasteiger partial charge in [0.05, 0.1) is 16.6 Å². The van der Waals surface area contributed by atoms with Crippen LogP contribution < -0.4 is 5.69 Å². The van der Waals surface area contributed by atoms with Gasteiger partial charge in [0.1, 0.15) is 0 Å². The first-order chi connectivity index (χ1) is 8.06. The van der Waals surface area contributed by atoms with Crippen LogP contribution >= 0.6 is 23.2 Å². The Labute approximate surface area is 109 Å². The maximum Gasteiger partial charge on any atom is 0.348 e. The van der Waals surface area contributed by atoms with Crippen LogP contribution in [0.15, 0.2) is 35.3 Å². The molecule has 0 spiro atoms. The van der Waals surface area contributed by atoms with Crippen molar-refractivity contribution >= 4 is 23.2 Å². The van der Waals surface area contributed by atoms with E-state index in [0.717, 1.165) is 5.56 Å². The number of hydrogen-bond donors (Lipinski definition) is 0. The average molecular weight is 269 g/mol. The molecule has 2 rings (SSSR count). The first-order valence-corrected chi connectivity index (χ1v) is 5.80. The van der Waals surface area contributed by atoms with Crippen LogP contribution in [0.4, 0.5) is 0 Å². The smallest absolute Gasteiger partial charge is 0.295 e. The second-order valence-corrected chi connectivity index (χ2v) is 4.54. The molecule has 0 saturated carbocycles. The zero-order valence-corrected chi connectivity index (χ0v) is 10.7. The summed E-state index contributed by atoms with van der Waals surface area (Å²) in [5, 5.41) is 0.988. The van der Waals surface area contributed by atoms with Crippen LogP contribution in [0.1, 0.15) is 11.3 Å². The molecule has 88 valence electrons. The molecular weight excluding hydrogens is 259 g/mol. The number of benzene rings is 1. The Morgan fingerprint density at radius 1 is 1.24 bits per heavy atom. The summed E-state index contributed by atoms with van der Waals surface area (Å²) in [7, 11) is 0. The second-order valence-electron chi connectivity index (χ2n) is 3.73. The van der Waals surface area contributed by atoms with Gasteiger partial charge in [-0.15, -0.1) is 0 Å². The van der Waals surface area contributed by atoms with E-state index in [-0.39, 0.29) is 5.69 Å². The van der Waals surface area contributed by atoms with Crippen molar-refractivity contribution in [2.45, 2.75) is 13.5 Å². The Morgan fingerprint density at radius 3 is 2.65 bits per heavy atom. The van der Waals surface area contributed by atoms with E-state index in [2.05, 4.69) is 4.98 Å². The highest BCUT2D eigenvalue weighted by atomic mass is 35.5. The first kappa shape index (κ1) is 12.1. The first-order valence-electron chi connectivity index (χ1n) is 5.04. The van der Waals surface area contributed by atoms with Gasteiger partial charge in [0.2, 0.25) is 0 Å². The van der Waals surface area contributed by atoms with E-state index < -0.39 is 0 Å². The maximum atomic E-state index is 11.6. The summed E-state index contributed by atoms with van der Waals surface area (Å²) >= 11 is 11.7. The molecule has 0 fully saturated rings. The van der Waals surface area contributed by atoms with E-state index in [4.69, 9.17) is 23.2 Å². The van der Waals surface area contributed by atoms with Crippen LogP contribution in [0.3, 0.4) is 0 Å². The third kappa shape index (κ3) is 2.87. The number of nitrogens with zero attached hydrogens (tertiary/aromatic N) is 2. The van der Waals surface area contributed by atoms with Crippen LogP contribution in [-0.2, 0) is 6.54 Å². The highest BCUT2D eigenvalue weighted by molar-refractivity contribution is 6.42. The molecule has 0 bridgehead atoms. The second kappa shape index (κ2) is 4.90. The van der Waals surface area contributed by atoms with Crippen LogP contribution in [0.25, 0.3) is 0 Å². The topological polar surface area (TPSA) is 34.9 Å². The number of aromatic nitrogens is 2. The minimum absolute atomic E-state index is 0.268. The van der Waals surface area contributed by atoms with Crippen molar-refractivity contribution in [1.29, 1.82) is 0 Å². The normalized spacial score (nSPS) is 10.5. The Balaban J connectivity index is 2.31. The van der Waals surface area contributed by atoms with Gasteiger partial charge in [0, 0.05) is 11.9 Å². The predicted octanol–water partition coefficient (Wildman–Crippen LogP) is 2.91. The third-order valence-corrected chi connectivity index (χ3v) is 3.09. The van der Waals surface area contributed by atoms with Gasteiger partial charge in [-0.2, -0.15) is 4.98 Å². The van der Waals surface area contributed by atoms with Gasteiger partial charge in [-0.3, -0.25) is 4.57 Å². The molecule has 0 aliphatic rings. The maximum absolute atomic E-state index is 11.6. The monoisotopic (exact) mass is 268 g/mol. The summed E-state index contributed by atoms with van der Waals surface area (Å²) in [4.78, 5) is 15.4. The molecule has 1 heterocycles. The zero-order valence-electron chi connectivity index (χ0n) is 9.15. The summed E-state index contributed by atoms with van der Waals surface area (Å²) in [6.07, 6.45) is 1.72. The molecule has 0 saturated heterocycles. The molecule has 0 amide bonds. The minimum Gasteiger partial charge on any atom is -0.295 e. The van der Waals surface area contributed by atoms with Crippen LogP contribution in [0.5, 0.6) is 0 Å². The zero-order chi connectivity index (χ0) is 12.4. The molecule has 0 atom stereocenters. The van der Waals surface area contributed by atoms with E-state index in [9.17, 15) is 4.79 Å². The highest BCUT2D eigenvalue weighted by Gasteiger charge is 2.02. The fourth-order valence-corrected chi connectivity index (χ4v) is 1.79. The third-order valence-electron chi connectivity index (χ3n) is 2.35. The Kier molecular flexibility index (Phi) is 3.50. The van der Waals surface area contributed by atoms with Crippen LogP contribution in [-0.4, -0.2) is 9.55 Å². The van der Waals surface area contributed by atoms with Gasteiger partial charge >= 0.3 is 5.69 Å². The standard InChI is InChI=1S/C12H10Cl2N2O/c1-8-4-5-16(12(17)15-8)7-9-2-3-10(13)11(14)6-9/h2-6H,7H2,1H3. The molecule has 0 N–H and O–H groups in total. The van der Waals surface area contributed by atoms with E-state index >= 15 is 0 Å². The lowest BCUT2D eigenvalue weighted by Crippen LogP contribution is -2.23. The van der Waals surface area contributed by atoms with Crippen LogP contribution in [0.2, 0.25) is 10.0 Å². The van der Waals surface area contributed by atoms with Crippen molar-refractivity contribution in [1.82, 2.24) is 9.55 Å². The number of aryl methyl sites for hydroxylation is 1. The molecule has 3 nitrogen and oxygen atoms in total. The van der Waals surface area contributed by atoms with Crippen molar-refractivity contribution in [3.05, 3.63) is 62.2 Å². The van der Waals surface area contributed by atoms with Gasteiger partial charge in [0.25, 0.3) is 0 Å². The molecule has 0 unspecified atom stereocenters. The minimum atomic E-state index is -0.268. The molecular formula is C12H10Cl2N2O. The highest BCUT2D eigenvalue weighted by Crippen LogP contribution is 2.22. The SMILES string of the molecule is Cc1ccn(Cc2ccc(Cl)c(Cl)c2)c(=O)n1. The lowest BCUT2D eigenvalue weighted by atomic mass is 10.2. The van der Waals surface area contributed by atoms with Gasteiger partial charge in [-0.1, -0.05) is 29.3 Å². The van der Waals surface area contributed by atoms with E-state index in [0.29, 0.717) is 22.3 Å². The van der Waals surface area contributed by atoms with E-state index in [1.807, 2.05) is 6.07 Å². The number of rotatable bonds is 2. The van der Waals surface area contributed by atoms with Gasteiger partial charge in [-0.05, 0) is 30.7 Å². The molecule has 0 aliphatic heterocycles. The molecule has 1 aromatic carbocycles. The van der Waals surface area contributed by atoms with Crippen molar-refractivity contribution in [2.75, 3.05) is 0 Å². The van der Waals surface area contributed by atoms with Crippen molar-refractivity contribution < 1.29 is 0 Å². The summed E-state index contributed by atoms with van der Waals surface area (Å²) in [6.45, 7) is 2.22. The summed E-state index contributed by atoms with van der Waals surface area (Å²) in [5.41, 5.74) is 1.35. The molecule has 0 radical (unpaired) electrons. The fraction of sp³-hybridized carbons (Fsp3) is 0.167. The quantitative estimate of drug-likeness (QED) is 0.840. The summed E-state index contributed by atoms with van der Waals surface area (Å²) in [5.74, 6) is 0. The predicted molar refractivity (Wildman–Crippen MR) is 68.8 cm³/mol. The average Bonchev–Trinajstić information content (AvgIpc) is 2.27. The van der Waals surface area contributed by atoms with E-state index in [1.54, 1.807) is 31.3 Å². The molecule has 2 aromatic rings. The molecule has 5 heteroatoms. The van der Waals surface area contributed by atoms with Gasteiger partial charge < -0.3 is 0 Å². The number of hydrogen-bond acceptors (Lipinski definition) is 2. The fourth-order valence-electron chi connectivity index (χ4n) is 1.47. The Bertz CT molecular complexity index is 608. The van der Waals surface area contributed by atoms with Gasteiger partial charge in [-0.25, -0.2) is 4.79 Å². The lowest BCUT2D eigenvalue weighted by Gasteiger charge is -2.06. The van der Waals surface area contributed by atoms with Crippen molar-refractivity contribution in [3.63, 3.8) is 0 Å². The van der Waals surface area contributed by atoms with Crippen molar-refractivity contribution in [2.24, 2.45) is 0 Å². The van der Waals surface area contributed by atoms with Crippen LogP contribution in [0, 0.1) is 6.92 Å². The summed E-state index contributed by atoms with van der Waals surface area (Å²) < 4.78 is 1.52. The molecule has 1 aromatic heterocycles. The largest absolute Gasteiger partial charge is 0.348 e. The molecule has 17 heavy (non-hydrogen) atoms. The number of halogens is 2. The lowest BCUT2D eigenvalue weighted by molar-refractivity contribution is 0.721. The molecule has 0 aliphatic carbocycles.